The van der Waals surface area contributed by atoms with Crippen molar-refractivity contribution in [2.45, 2.75) is 12.8 Å². The molecule has 0 aromatic heterocycles. The molecule has 0 aliphatic carbocycles. The molecule has 2 aromatic rings. The van der Waals surface area contributed by atoms with Crippen molar-refractivity contribution in [2.24, 2.45) is 4.99 Å². The quantitative estimate of drug-likeness (QED) is 0.433. The Morgan fingerprint density at radius 3 is 2.54 bits per heavy atom. The maximum atomic E-state index is 11.5. The SMILES string of the molecule is CN=C(NCCCOc1ccc2ccccc2c1)NCCC(=O)N(C)C. The van der Waals surface area contributed by atoms with Crippen LogP contribution >= 0.6 is 0 Å². The minimum Gasteiger partial charge on any atom is -0.494 e. The third-order valence-corrected chi connectivity index (χ3v) is 3.96. The number of nitrogens with zero attached hydrogens (tertiary/aromatic N) is 2. The molecule has 0 spiro atoms. The van der Waals surface area contributed by atoms with Gasteiger partial charge in [-0.05, 0) is 29.3 Å². The smallest absolute Gasteiger partial charge is 0.223 e. The van der Waals surface area contributed by atoms with Crippen LogP contribution < -0.4 is 15.4 Å². The summed E-state index contributed by atoms with van der Waals surface area (Å²) in [5, 5.41) is 8.75. The third kappa shape index (κ3) is 6.27. The first-order valence-corrected chi connectivity index (χ1v) is 8.86. The van der Waals surface area contributed by atoms with E-state index in [1.54, 1.807) is 26.0 Å². The molecule has 140 valence electrons. The molecule has 0 aliphatic heterocycles. The van der Waals surface area contributed by atoms with Gasteiger partial charge in [-0.25, -0.2) is 0 Å². The van der Waals surface area contributed by atoms with Crippen LogP contribution in [0.2, 0.25) is 0 Å². The number of hydrogen-bond donors (Lipinski definition) is 2. The monoisotopic (exact) mass is 356 g/mol. The molecular weight excluding hydrogens is 328 g/mol. The fraction of sp³-hybridized carbons (Fsp3) is 0.400. The summed E-state index contributed by atoms with van der Waals surface area (Å²) in [4.78, 5) is 17.3. The lowest BCUT2D eigenvalue weighted by Gasteiger charge is -2.14. The number of guanidine groups is 1. The number of nitrogens with one attached hydrogen (secondary N) is 2. The molecule has 0 saturated carbocycles. The van der Waals surface area contributed by atoms with Crippen LogP contribution in [0.25, 0.3) is 10.8 Å². The first kappa shape index (κ1) is 19.6. The molecule has 26 heavy (non-hydrogen) atoms. The van der Waals surface area contributed by atoms with Gasteiger partial charge in [-0.3, -0.25) is 9.79 Å². The highest BCUT2D eigenvalue weighted by Gasteiger charge is 2.04. The van der Waals surface area contributed by atoms with Gasteiger partial charge in [-0.2, -0.15) is 0 Å². The third-order valence-electron chi connectivity index (χ3n) is 3.96. The van der Waals surface area contributed by atoms with E-state index in [2.05, 4.69) is 39.9 Å². The lowest BCUT2D eigenvalue weighted by molar-refractivity contribution is -0.128. The van der Waals surface area contributed by atoms with Crippen LogP contribution in [0.3, 0.4) is 0 Å². The summed E-state index contributed by atoms with van der Waals surface area (Å²) in [6.45, 7) is 1.93. The molecule has 0 heterocycles. The second-order valence-electron chi connectivity index (χ2n) is 6.17. The molecule has 2 aromatic carbocycles. The highest BCUT2D eigenvalue weighted by molar-refractivity contribution is 5.83. The number of aliphatic imine (C=N–C) groups is 1. The molecular formula is C20H28N4O2. The van der Waals surface area contributed by atoms with Gasteiger partial charge < -0.3 is 20.3 Å². The number of benzene rings is 2. The topological polar surface area (TPSA) is 66.0 Å². The molecule has 6 nitrogen and oxygen atoms in total. The van der Waals surface area contributed by atoms with E-state index in [1.807, 2.05) is 18.2 Å². The molecule has 0 fully saturated rings. The van der Waals surface area contributed by atoms with Crippen LogP contribution in [0.5, 0.6) is 5.75 Å². The summed E-state index contributed by atoms with van der Waals surface area (Å²) >= 11 is 0. The van der Waals surface area contributed by atoms with Crippen molar-refractivity contribution in [1.82, 2.24) is 15.5 Å². The second kappa shape index (κ2) is 10.3. The van der Waals surface area contributed by atoms with E-state index in [0.717, 1.165) is 18.7 Å². The Hall–Kier alpha value is -2.76. The normalized spacial score (nSPS) is 11.3. The minimum atomic E-state index is 0.0942. The van der Waals surface area contributed by atoms with Crippen LogP contribution in [0.15, 0.2) is 47.5 Å². The number of hydrogen-bond acceptors (Lipinski definition) is 3. The molecule has 1 amide bonds. The van der Waals surface area contributed by atoms with E-state index in [-0.39, 0.29) is 5.91 Å². The van der Waals surface area contributed by atoms with Crippen LogP contribution in [0.1, 0.15) is 12.8 Å². The molecule has 0 bridgehead atoms. The minimum absolute atomic E-state index is 0.0942. The number of carbonyl (C=O) groups is 1. The van der Waals surface area contributed by atoms with E-state index >= 15 is 0 Å². The standard InChI is InChI=1S/C20H28N4O2/c1-21-20(23-13-11-19(25)24(2)3)22-12-6-14-26-18-10-9-16-7-4-5-8-17(16)15-18/h4-5,7-10,15H,6,11-14H2,1-3H3,(H2,21,22,23). The largest absolute Gasteiger partial charge is 0.494 e. The van der Waals surface area contributed by atoms with E-state index in [4.69, 9.17) is 4.74 Å². The van der Waals surface area contributed by atoms with E-state index in [1.165, 1.54) is 10.8 Å². The Morgan fingerprint density at radius 2 is 1.81 bits per heavy atom. The van der Waals surface area contributed by atoms with E-state index < -0.39 is 0 Å². The molecule has 0 aliphatic rings. The highest BCUT2D eigenvalue weighted by Crippen LogP contribution is 2.20. The number of rotatable bonds is 8. The van der Waals surface area contributed by atoms with Crippen molar-refractivity contribution in [2.75, 3.05) is 40.8 Å². The van der Waals surface area contributed by atoms with Crippen molar-refractivity contribution < 1.29 is 9.53 Å². The van der Waals surface area contributed by atoms with Crippen LogP contribution in [-0.2, 0) is 4.79 Å². The molecule has 6 heteroatoms. The van der Waals surface area contributed by atoms with Gasteiger partial charge in [-0.15, -0.1) is 0 Å². The highest BCUT2D eigenvalue weighted by atomic mass is 16.5. The lowest BCUT2D eigenvalue weighted by atomic mass is 10.1. The predicted molar refractivity (Wildman–Crippen MR) is 107 cm³/mol. The number of carbonyl (C=O) groups excluding carboxylic acids is 1. The van der Waals surface area contributed by atoms with Gasteiger partial charge >= 0.3 is 0 Å². The molecule has 2 rings (SSSR count). The van der Waals surface area contributed by atoms with E-state index in [9.17, 15) is 4.79 Å². The summed E-state index contributed by atoms with van der Waals surface area (Å²) < 4.78 is 5.82. The first-order chi connectivity index (χ1) is 12.6. The zero-order valence-corrected chi connectivity index (χ0v) is 15.8. The maximum Gasteiger partial charge on any atom is 0.223 e. The number of amides is 1. The van der Waals surface area contributed by atoms with Gasteiger partial charge in [0.15, 0.2) is 5.96 Å². The number of fused-ring (bicyclic) bond motifs is 1. The summed E-state index contributed by atoms with van der Waals surface area (Å²) in [6, 6.07) is 14.4. The molecule has 0 atom stereocenters. The van der Waals surface area contributed by atoms with Crippen LogP contribution in [0, 0.1) is 0 Å². The Labute approximate surface area is 155 Å². The fourth-order valence-electron chi connectivity index (χ4n) is 2.46. The van der Waals surface area contributed by atoms with Crippen molar-refractivity contribution in [1.29, 1.82) is 0 Å². The van der Waals surface area contributed by atoms with Crippen molar-refractivity contribution in [3.05, 3.63) is 42.5 Å². The maximum absolute atomic E-state index is 11.5. The Balaban J connectivity index is 1.64. The molecule has 2 N–H and O–H groups in total. The summed E-state index contributed by atoms with van der Waals surface area (Å²) in [7, 11) is 5.23. The van der Waals surface area contributed by atoms with Gasteiger partial charge in [0.1, 0.15) is 5.75 Å². The van der Waals surface area contributed by atoms with Gasteiger partial charge in [0.05, 0.1) is 6.61 Å². The molecule has 0 unspecified atom stereocenters. The van der Waals surface area contributed by atoms with Gasteiger partial charge in [0, 0.05) is 40.7 Å². The lowest BCUT2D eigenvalue weighted by Crippen LogP contribution is -2.39. The zero-order valence-electron chi connectivity index (χ0n) is 15.8. The van der Waals surface area contributed by atoms with Gasteiger partial charge in [0.2, 0.25) is 5.91 Å². The number of ether oxygens (including phenoxy) is 1. The van der Waals surface area contributed by atoms with Crippen molar-refractivity contribution in [3.63, 3.8) is 0 Å². The summed E-state index contributed by atoms with van der Waals surface area (Å²) in [5.74, 6) is 1.67. The average Bonchev–Trinajstić information content (AvgIpc) is 2.65. The molecule has 0 radical (unpaired) electrons. The second-order valence-corrected chi connectivity index (χ2v) is 6.17. The fourth-order valence-corrected chi connectivity index (χ4v) is 2.46. The van der Waals surface area contributed by atoms with Crippen molar-refractivity contribution in [3.8, 4) is 5.75 Å². The predicted octanol–water partition coefficient (Wildman–Crippen LogP) is 2.25. The Bertz CT molecular complexity index is 743. The Morgan fingerprint density at radius 1 is 1.08 bits per heavy atom. The summed E-state index contributed by atoms with van der Waals surface area (Å²) in [5.41, 5.74) is 0. The Kier molecular flexibility index (Phi) is 7.74. The van der Waals surface area contributed by atoms with E-state index in [0.29, 0.717) is 25.5 Å². The molecule has 0 saturated heterocycles. The average molecular weight is 356 g/mol. The zero-order chi connectivity index (χ0) is 18.8. The van der Waals surface area contributed by atoms with Gasteiger partial charge in [0.25, 0.3) is 0 Å². The van der Waals surface area contributed by atoms with Crippen LogP contribution in [0.4, 0.5) is 0 Å². The summed E-state index contributed by atoms with van der Waals surface area (Å²) in [6.07, 6.45) is 1.29. The van der Waals surface area contributed by atoms with Crippen molar-refractivity contribution >= 4 is 22.6 Å². The first-order valence-electron chi connectivity index (χ1n) is 8.86. The van der Waals surface area contributed by atoms with Crippen LogP contribution in [-0.4, -0.2) is 57.6 Å². The van der Waals surface area contributed by atoms with Gasteiger partial charge in [-0.1, -0.05) is 30.3 Å².